The van der Waals surface area contributed by atoms with Crippen molar-refractivity contribution in [3.05, 3.63) is 40.7 Å². The zero-order chi connectivity index (χ0) is 12.3. The highest BCUT2D eigenvalue weighted by atomic mass is 35.5. The molecule has 0 aliphatic heterocycles. The van der Waals surface area contributed by atoms with Crippen molar-refractivity contribution in [3.63, 3.8) is 0 Å². The minimum atomic E-state index is -0.556. The van der Waals surface area contributed by atoms with Crippen LogP contribution in [0.2, 0.25) is 5.02 Å². The Balaban J connectivity index is 1.98. The van der Waals surface area contributed by atoms with Crippen molar-refractivity contribution in [1.82, 2.24) is 20.2 Å². The van der Waals surface area contributed by atoms with Gasteiger partial charge in [-0.05, 0) is 16.8 Å². The molecule has 2 rings (SSSR count). The Labute approximate surface area is 104 Å². The van der Waals surface area contributed by atoms with Crippen LogP contribution in [0.15, 0.2) is 24.3 Å². The molecule has 0 bridgehead atoms. The summed E-state index contributed by atoms with van der Waals surface area (Å²) in [4.78, 5) is 1.37. The van der Waals surface area contributed by atoms with E-state index in [1.165, 1.54) is 4.80 Å². The summed E-state index contributed by atoms with van der Waals surface area (Å²) in [6.45, 7) is 0. The molecular formula is C11H13ClN4O. The molecule has 1 unspecified atom stereocenters. The second-order valence-corrected chi connectivity index (χ2v) is 4.26. The van der Waals surface area contributed by atoms with Crippen LogP contribution in [-0.4, -0.2) is 31.4 Å². The molecule has 0 amide bonds. The number of halogens is 1. The summed E-state index contributed by atoms with van der Waals surface area (Å²) >= 11 is 6.02. The SMILES string of the molecule is Cn1nnc(CC(O)Cc2ccccc2Cl)n1. The van der Waals surface area contributed by atoms with Gasteiger partial charge < -0.3 is 5.11 Å². The first kappa shape index (κ1) is 12.0. The highest BCUT2D eigenvalue weighted by Gasteiger charge is 2.12. The molecule has 90 valence electrons. The van der Waals surface area contributed by atoms with E-state index in [0.29, 0.717) is 23.7 Å². The standard InChI is InChI=1S/C11H13ClN4O/c1-16-14-11(13-15-16)7-9(17)6-8-4-2-3-5-10(8)12/h2-5,9,17H,6-7H2,1H3. The Hall–Kier alpha value is -1.46. The van der Waals surface area contributed by atoms with E-state index in [-0.39, 0.29) is 0 Å². The van der Waals surface area contributed by atoms with Crippen LogP contribution in [0.5, 0.6) is 0 Å². The highest BCUT2D eigenvalue weighted by molar-refractivity contribution is 6.31. The van der Waals surface area contributed by atoms with Crippen LogP contribution in [0.4, 0.5) is 0 Å². The average molecular weight is 253 g/mol. The van der Waals surface area contributed by atoms with E-state index in [2.05, 4.69) is 15.4 Å². The van der Waals surface area contributed by atoms with E-state index >= 15 is 0 Å². The molecule has 0 saturated heterocycles. The molecule has 0 aliphatic rings. The van der Waals surface area contributed by atoms with Gasteiger partial charge >= 0.3 is 0 Å². The smallest absolute Gasteiger partial charge is 0.177 e. The molecule has 1 aromatic carbocycles. The first-order valence-electron chi connectivity index (χ1n) is 5.29. The first-order valence-corrected chi connectivity index (χ1v) is 5.67. The lowest BCUT2D eigenvalue weighted by Crippen LogP contribution is -2.15. The Morgan fingerprint density at radius 3 is 2.76 bits per heavy atom. The number of hydrogen-bond acceptors (Lipinski definition) is 4. The Kier molecular flexibility index (Phi) is 3.71. The minimum Gasteiger partial charge on any atom is -0.392 e. The first-order chi connectivity index (χ1) is 8.15. The summed E-state index contributed by atoms with van der Waals surface area (Å²) in [5, 5.41) is 22.1. The molecule has 0 aliphatic carbocycles. The number of aromatic nitrogens is 4. The van der Waals surface area contributed by atoms with Gasteiger partial charge in [0.25, 0.3) is 0 Å². The fraction of sp³-hybridized carbons (Fsp3) is 0.364. The molecule has 5 nitrogen and oxygen atoms in total. The molecule has 0 radical (unpaired) electrons. The number of aliphatic hydroxyl groups is 1. The van der Waals surface area contributed by atoms with E-state index in [4.69, 9.17) is 11.6 Å². The van der Waals surface area contributed by atoms with Gasteiger partial charge in [0.1, 0.15) is 0 Å². The number of rotatable bonds is 4. The van der Waals surface area contributed by atoms with Crippen LogP contribution in [0.1, 0.15) is 11.4 Å². The lowest BCUT2D eigenvalue weighted by molar-refractivity contribution is 0.173. The van der Waals surface area contributed by atoms with Gasteiger partial charge in [-0.15, -0.1) is 10.2 Å². The molecular weight excluding hydrogens is 240 g/mol. The van der Waals surface area contributed by atoms with Crippen LogP contribution >= 0.6 is 11.6 Å². The topological polar surface area (TPSA) is 63.8 Å². The normalized spacial score (nSPS) is 12.6. The molecule has 0 saturated carbocycles. The Morgan fingerprint density at radius 1 is 1.35 bits per heavy atom. The van der Waals surface area contributed by atoms with Gasteiger partial charge in [-0.2, -0.15) is 4.80 Å². The predicted molar refractivity (Wildman–Crippen MR) is 63.7 cm³/mol. The monoisotopic (exact) mass is 252 g/mol. The van der Waals surface area contributed by atoms with Gasteiger partial charge in [0.15, 0.2) is 5.82 Å². The molecule has 1 N–H and O–H groups in total. The quantitative estimate of drug-likeness (QED) is 0.882. The second kappa shape index (κ2) is 5.25. The second-order valence-electron chi connectivity index (χ2n) is 3.85. The van der Waals surface area contributed by atoms with Gasteiger partial charge in [0.2, 0.25) is 0 Å². The third kappa shape index (κ3) is 3.25. The van der Waals surface area contributed by atoms with Crippen molar-refractivity contribution in [2.24, 2.45) is 7.05 Å². The largest absolute Gasteiger partial charge is 0.392 e. The third-order valence-corrected chi connectivity index (χ3v) is 2.75. The third-order valence-electron chi connectivity index (χ3n) is 2.38. The lowest BCUT2D eigenvalue weighted by Gasteiger charge is -2.09. The van der Waals surface area contributed by atoms with E-state index in [1.54, 1.807) is 7.05 Å². The molecule has 0 fully saturated rings. The van der Waals surface area contributed by atoms with E-state index < -0.39 is 6.10 Å². The molecule has 6 heteroatoms. The maximum atomic E-state index is 9.91. The highest BCUT2D eigenvalue weighted by Crippen LogP contribution is 2.17. The maximum Gasteiger partial charge on any atom is 0.177 e. The summed E-state index contributed by atoms with van der Waals surface area (Å²) in [6.07, 6.45) is 0.302. The van der Waals surface area contributed by atoms with E-state index in [9.17, 15) is 5.11 Å². The van der Waals surface area contributed by atoms with Crippen LogP contribution in [-0.2, 0) is 19.9 Å². The van der Waals surface area contributed by atoms with Crippen molar-refractivity contribution in [3.8, 4) is 0 Å². The molecule has 2 aromatic rings. The predicted octanol–water partition coefficient (Wildman–Crippen LogP) is 1.01. The van der Waals surface area contributed by atoms with Gasteiger partial charge in [0.05, 0.1) is 13.2 Å². The number of nitrogens with zero attached hydrogens (tertiary/aromatic N) is 4. The van der Waals surface area contributed by atoms with E-state index in [1.807, 2.05) is 24.3 Å². The number of aryl methyl sites for hydroxylation is 1. The van der Waals surface area contributed by atoms with Crippen molar-refractivity contribution in [2.45, 2.75) is 18.9 Å². The Bertz CT molecular complexity index is 500. The summed E-state index contributed by atoms with van der Waals surface area (Å²) in [6, 6.07) is 7.47. The number of hydrogen-bond donors (Lipinski definition) is 1. The molecule has 1 aromatic heterocycles. The molecule has 1 atom stereocenters. The number of tetrazole rings is 1. The number of aliphatic hydroxyl groups excluding tert-OH is 1. The van der Waals surface area contributed by atoms with Crippen molar-refractivity contribution in [1.29, 1.82) is 0 Å². The summed E-state index contributed by atoms with van der Waals surface area (Å²) < 4.78 is 0. The molecule has 1 heterocycles. The van der Waals surface area contributed by atoms with Gasteiger partial charge in [0, 0.05) is 17.9 Å². The van der Waals surface area contributed by atoms with E-state index in [0.717, 1.165) is 5.56 Å². The van der Waals surface area contributed by atoms with Crippen molar-refractivity contribution in [2.75, 3.05) is 0 Å². The summed E-state index contributed by atoms with van der Waals surface area (Å²) in [5.74, 6) is 0.534. The summed E-state index contributed by atoms with van der Waals surface area (Å²) in [7, 11) is 1.69. The van der Waals surface area contributed by atoms with Gasteiger partial charge in [-0.1, -0.05) is 29.8 Å². The molecule has 17 heavy (non-hydrogen) atoms. The average Bonchev–Trinajstić information content (AvgIpc) is 2.67. The Morgan fingerprint density at radius 2 is 2.12 bits per heavy atom. The van der Waals surface area contributed by atoms with Crippen LogP contribution in [0, 0.1) is 0 Å². The summed E-state index contributed by atoms with van der Waals surface area (Å²) in [5.41, 5.74) is 0.922. The van der Waals surface area contributed by atoms with Gasteiger partial charge in [-0.3, -0.25) is 0 Å². The fourth-order valence-corrected chi connectivity index (χ4v) is 1.82. The maximum absolute atomic E-state index is 9.91. The van der Waals surface area contributed by atoms with Gasteiger partial charge in [-0.25, -0.2) is 0 Å². The lowest BCUT2D eigenvalue weighted by atomic mass is 10.1. The van der Waals surface area contributed by atoms with Crippen molar-refractivity contribution >= 4 is 11.6 Å². The van der Waals surface area contributed by atoms with Crippen LogP contribution in [0.3, 0.4) is 0 Å². The molecule has 0 spiro atoms. The fourth-order valence-electron chi connectivity index (χ4n) is 1.61. The zero-order valence-corrected chi connectivity index (χ0v) is 10.2. The minimum absolute atomic E-state index is 0.374. The zero-order valence-electron chi connectivity index (χ0n) is 9.41. The van der Waals surface area contributed by atoms with Crippen LogP contribution < -0.4 is 0 Å². The number of benzene rings is 1. The van der Waals surface area contributed by atoms with Crippen molar-refractivity contribution < 1.29 is 5.11 Å². The van der Waals surface area contributed by atoms with Crippen LogP contribution in [0.25, 0.3) is 0 Å².